The van der Waals surface area contributed by atoms with Crippen molar-refractivity contribution in [2.24, 2.45) is 0 Å². The maximum absolute atomic E-state index is 12.5. The molecule has 0 heterocycles. The number of para-hydroxylation sites is 1. The van der Waals surface area contributed by atoms with Crippen LogP contribution in [0.2, 0.25) is 5.02 Å². The van der Waals surface area contributed by atoms with Crippen LogP contribution in [0.4, 0.5) is 5.69 Å². The van der Waals surface area contributed by atoms with Gasteiger partial charge in [0.2, 0.25) is 0 Å². The molecule has 27 heavy (non-hydrogen) atoms. The Balaban J connectivity index is 1.66. The number of amides is 2. The van der Waals surface area contributed by atoms with E-state index < -0.39 is 0 Å². The third kappa shape index (κ3) is 5.19. The zero-order valence-corrected chi connectivity index (χ0v) is 15.4. The molecule has 3 aromatic carbocycles. The molecule has 0 aliphatic rings. The van der Waals surface area contributed by atoms with Gasteiger partial charge in [-0.3, -0.25) is 9.59 Å². The number of nitrogens with one attached hydrogen (secondary N) is 2. The van der Waals surface area contributed by atoms with Gasteiger partial charge in [0.15, 0.2) is 0 Å². The van der Waals surface area contributed by atoms with Crippen molar-refractivity contribution in [2.75, 3.05) is 11.9 Å². The first kappa shape index (κ1) is 18.7. The maximum Gasteiger partial charge on any atom is 0.255 e. The number of carbonyl (C=O) groups excluding carboxylic acids is 2. The van der Waals surface area contributed by atoms with E-state index in [9.17, 15) is 9.59 Å². The van der Waals surface area contributed by atoms with Crippen LogP contribution in [0.15, 0.2) is 78.9 Å². The lowest BCUT2D eigenvalue weighted by Gasteiger charge is -2.12. The highest BCUT2D eigenvalue weighted by molar-refractivity contribution is 6.31. The summed E-state index contributed by atoms with van der Waals surface area (Å²) in [7, 11) is 0. The van der Waals surface area contributed by atoms with Crippen LogP contribution in [-0.4, -0.2) is 18.4 Å². The van der Waals surface area contributed by atoms with E-state index in [-0.39, 0.29) is 11.8 Å². The number of hydrogen-bond acceptors (Lipinski definition) is 2. The molecule has 0 fully saturated rings. The quantitative estimate of drug-likeness (QED) is 0.660. The monoisotopic (exact) mass is 378 g/mol. The van der Waals surface area contributed by atoms with Gasteiger partial charge < -0.3 is 10.6 Å². The van der Waals surface area contributed by atoms with Gasteiger partial charge in [-0.05, 0) is 42.3 Å². The summed E-state index contributed by atoms with van der Waals surface area (Å²) in [4.78, 5) is 25.0. The van der Waals surface area contributed by atoms with Gasteiger partial charge in [-0.25, -0.2) is 0 Å². The summed E-state index contributed by atoms with van der Waals surface area (Å²) in [6.45, 7) is 0.513. The summed E-state index contributed by atoms with van der Waals surface area (Å²) in [5.41, 5.74) is 2.46. The van der Waals surface area contributed by atoms with E-state index in [0.717, 1.165) is 12.0 Å². The Morgan fingerprint density at radius 2 is 1.56 bits per heavy atom. The molecule has 0 aliphatic carbocycles. The summed E-state index contributed by atoms with van der Waals surface area (Å²) in [6, 6.07) is 23.5. The zero-order valence-electron chi connectivity index (χ0n) is 14.6. The minimum Gasteiger partial charge on any atom is -0.352 e. The number of rotatable bonds is 6. The predicted octanol–water partition coefficient (Wildman–Crippen LogP) is 4.56. The normalized spacial score (nSPS) is 10.3. The maximum atomic E-state index is 12.5. The summed E-state index contributed by atoms with van der Waals surface area (Å²) in [5, 5.41) is 6.16. The van der Waals surface area contributed by atoms with E-state index >= 15 is 0 Å². The van der Waals surface area contributed by atoms with E-state index in [2.05, 4.69) is 10.6 Å². The lowest BCUT2D eigenvalue weighted by Crippen LogP contribution is -2.27. The Hall–Kier alpha value is -3.11. The third-order valence-corrected chi connectivity index (χ3v) is 4.28. The minimum absolute atomic E-state index is 0.229. The lowest BCUT2D eigenvalue weighted by molar-refractivity contribution is 0.0955. The summed E-state index contributed by atoms with van der Waals surface area (Å²) >= 11 is 5.94. The summed E-state index contributed by atoms with van der Waals surface area (Å²) < 4.78 is 0. The van der Waals surface area contributed by atoms with Gasteiger partial charge in [0.1, 0.15) is 0 Å². The topological polar surface area (TPSA) is 58.2 Å². The van der Waals surface area contributed by atoms with Crippen LogP contribution in [0, 0.1) is 0 Å². The first-order chi connectivity index (χ1) is 13.1. The highest BCUT2D eigenvalue weighted by Crippen LogP contribution is 2.17. The molecule has 0 bridgehead atoms. The van der Waals surface area contributed by atoms with Gasteiger partial charge in [-0.2, -0.15) is 0 Å². The molecule has 0 saturated carbocycles. The second-order valence-electron chi connectivity index (χ2n) is 6.00. The largest absolute Gasteiger partial charge is 0.352 e. The van der Waals surface area contributed by atoms with Crippen LogP contribution in [0.1, 0.15) is 26.3 Å². The van der Waals surface area contributed by atoms with Crippen molar-refractivity contribution in [1.82, 2.24) is 5.32 Å². The highest BCUT2D eigenvalue weighted by atomic mass is 35.5. The first-order valence-corrected chi connectivity index (χ1v) is 8.99. The summed E-state index contributed by atoms with van der Waals surface area (Å²) in [5.74, 6) is -0.546. The van der Waals surface area contributed by atoms with E-state index in [4.69, 9.17) is 11.6 Å². The number of hydrogen-bond donors (Lipinski definition) is 2. The summed E-state index contributed by atoms with van der Waals surface area (Å²) in [6.07, 6.45) is 0.740. The Bertz CT molecular complexity index is 942. The fourth-order valence-electron chi connectivity index (χ4n) is 2.67. The molecular weight excluding hydrogens is 360 g/mol. The van der Waals surface area contributed by atoms with Gasteiger partial charge in [-0.15, -0.1) is 0 Å². The molecule has 0 spiro atoms. The van der Waals surface area contributed by atoms with Crippen LogP contribution in [0.3, 0.4) is 0 Å². The molecule has 0 saturated heterocycles. The molecule has 3 rings (SSSR count). The number of benzene rings is 3. The van der Waals surface area contributed by atoms with Gasteiger partial charge in [0.25, 0.3) is 11.8 Å². The molecule has 0 aromatic heterocycles. The lowest BCUT2D eigenvalue weighted by atomic mass is 10.1. The van der Waals surface area contributed by atoms with Crippen molar-refractivity contribution >= 4 is 29.1 Å². The number of anilines is 1. The van der Waals surface area contributed by atoms with E-state index in [0.29, 0.717) is 28.4 Å². The second-order valence-corrected chi connectivity index (χ2v) is 6.44. The molecule has 0 radical (unpaired) electrons. The average Bonchev–Trinajstić information content (AvgIpc) is 2.69. The SMILES string of the molecule is O=C(Nc1ccccc1C(=O)NCCc1ccccc1)c1cccc(Cl)c1. The van der Waals surface area contributed by atoms with E-state index in [1.54, 1.807) is 48.5 Å². The fourth-order valence-corrected chi connectivity index (χ4v) is 2.86. The van der Waals surface area contributed by atoms with Crippen molar-refractivity contribution in [3.63, 3.8) is 0 Å². The van der Waals surface area contributed by atoms with Gasteiger partial charge in [0.05, 0.1) is 11.3 Å². The molecule has 5 heteroatoms. The Morgan fingerprint density at radius 1 is 0.815 bits per heavy atom. The Kier molecular flexibility index (Phi) is 6.23. The molecule has 2 amide bonds. The van der Waals surface area contributed by atoms with Crippen molar-refractivity contribution in [3.05, 3.63) is 101 Å². The molecule has 2 N–H and O–H groups in total. The van der Waals surface area contributed by atoms with Crippen LogP contribution in [0.25, 0.3) is 0 Å². The van der Waals surface area contributed by atoms with Crippen LogP contribution in [0.5, 0.6) is 0 Å². The van der Waals surface area contributed by atoms with E-state index in [1.165, 1.54) is 0 Å². The first-order valence-electron chi connectivity index (χ1n) is 8.61. The molecule has 0 unspecified atom stereocenters. The molecular formula is C22H19ClN2O2. The van der Waals surface area contributed by atoms with Crippen molar-refractivity contribution < 1.29 is 9.59 Å². The van der Waals surface area contributed by atoms with Crippen molar-refractivity contribution in [2.45, 2.75) is 6.42 Å². The Morgan fingerprint density at radius 3 is 2.33 bits per heavy atom. The molecule has 4 nitrogen and oxygen atoms in total. The fraction of sp³-hybridized carbons (Fsp3) is 0.0909. The van der Waals surface area contributed by atoms with E-state index in [1.807, 2.05) is 30.3 Å². The standard InChI is InChI=1S/C22H19ClN2O2/c23-18-10-6-9-17(15-18)21(26)25-20-12-5-4-11-19(20)22(27)24-14-13-16-7-2-1-3-8-16/h1-12,15H,13-14H2,(H,24,27)(H,25,26). The smallest absolute Gasteiger partial charge is 0.255 e. The number of halogens is 1. The molecule has 0 aliphatic heterocycles. The third-order valence-electron chi connectivity index (χ3n) is 4.05. The zero-order chi connectivity index (χ0) is 19.1. The molecule has 136 valence electrons. The molecule has 3 aromatic rings. The molecule has 0 atom stereocenters. The highest BCUT2D eigenvalue weighted by Gasteiger charge is 2.14. The van der Waals surface area contributed by atoms with Gasteiger partial charge in [0, 0.05) is 17.1 Å². The van der Waals surface area contributed by atoms with Gasteiger partial charge in [-0.1, -0.05) is 60.1 Å². The van der Waals surface area contributed by atoms with Crippen molar-refractivity contribution in [3.8, 4) is 0 Å². The van der Waals surface area contributed by atoms with Crippen LogP contribution >= 0.6 is 11.6 Å². The Labute approximate surface area is 163 Å². The minimum atomic E-state index is -0.318. The number of carbonyl (C=O) groups is 2. The van der Waals surface area contributed by atoms with Crippen molar-refractivity contribution in [1.29, 1.82) is 0 Å². The average molecular weight is 379 g/mol. The van der Waals surface area contributed by atoms with Crippen LogP contribution in [-0.2, 0) is 6.42 Å². The second kappa shape index (κ2) is 9.01. The van der Waals surface area contributed by atoms with Crippen LogP contribution < -0.4 is 10.6 Å². The predicted molar refractivity (Wildman–Crippen MR) is 108 cm³/mol. The van der Waals surface area contributed by atoms with Gasteiger partial charge >= 0.3 is 0 Å².